The number of rotatable bonds is 7. The molecule has 2 unspecified atom stereocenters. The molecule has 0 spiro atoms. The van der Waals surface area contributed by atoms with Crippen molar-refractivity contribution in [2.75, 3.05) is 23.7 Å². The average molecular weight is 419 g/mol. The first-order chi connectivity index (χ1) is 13.9. The standard InChI is InChI=1S/C21H26N2O5S/c1-4-17(15-10-12-16(27-3)13-11-15)22-21(24)20-14-23(29(25,26)5-2)18-8-6-7-9-19(18)28-20/h6-13,17,20H,4-5,14H2,1-3H3,(H,22,24). The van der Waals surface area contributed by atoms with Gasteiger partial charge in [0.1, 0.15) is 11.5 Å². The molecule has 2 aromatic rings. The zero-order chi connectivity index (χ0) is 21.0. The van der Waals surface area contributed by atoms with Crippen molar-refractivity contribution < 1.29 is 22.7 Å². The second kappa shape index (κ2) is 8.73. The highest BCUT2D eigenvalue weighted by atomic mass is 32.2. The SMILES string of the molecule is CCC(NC(=O)C1CN(S(=O)(=O)CC)c2ccccc2O1)c1ccc(OC)cc1. The summed E-state index contributed by atoms with van der Waals surface area (Å²) in [4.78, 5) is 13.0. The minimum absolute atomic E-state index is 0.0564. The Balaban J connectivity index is 1.81. The number of nitrogens with one attached hydrogen (secondary N) is 1. The summed E-state index contributed by atoms with van der Waals surface area (Å²) in [5, 5.41) is 2.98. The maximum atomic E-state index is 13.0. The summed E-state index contributed by atoms with van der Waals surface area (Å²) < 4.78 is 37.4. The molecule has 1 amide bonds. The maximum Gasteiger partial charge on any atom is 0.263 e. The molecule has 1 N–H and O–H groups in total. The van der Waals surface area contributed by atoms with Crippen LogP contribution in [0.2, 0.25) is 0 Å². The topological polar surface area (TPSA) is 84.9 Å². The molecular formula is C21H26N2O5S. The van der Waals surface area contributed by atoms with E-state index in [0.29, 0.717) is 17.9 Å². The largest absolute Gasteiger partial charge is 0.497 e. The van der Waals surface area contributed by atoms with Crippen LogP contribution in [0.15, 0.2) is 48.5 Å². The van der Waals surface area contributed by atoms with Crippen LogP contribution in [0, 0.1) is 0 Å². The molecule has 8 heteroatoms. The number of sulfonamides is 1. The van der Waals surface area contributed by atoms with Crippen LogP contribution < -0.4 is 19.1 Å². The molecule has 1 aliphatic heterocycles. The van der Waals surface area contributed by atoms with Crippen LogP contribution in [0.25, 0.3) is 0 Å². The molecule has 3 rings (SSSR count). The van der Waals surface area contributed by atoms with Crippen molar-refractivity contribution in [2.45, 2.75) is 32.4 Å². The normalized spacial score (nSPS) is 17.1. The Morgan fingerprint density at radius 2 is 1.90 bits per heavy atom. The van der Waals surface area contributed by atoms with Gasteiger partial charge in [0.15, 0.2) is 6.10 Å². The smallest absolute Gasteiger partial charge is 0.263 e. The van der Waals surface area contributed by atoms with Crippen molar-refractivity contribution in [1.82, 2.24) is 5.32 Å². The molecule has 7 nitrogen and oxygen atoms in total. The summed E-state index contributed by atoms with van der Waals surface area (Å²) in [6.45, 7) is 3.50. The van der Waals surface area contributed by atoms with Crippen molar-refractivity contribution in [2.24, 2.45) is 0 Å². The summed E-state index contributed by atoms with van der Waals surface area (Å²) in [6.07, 6.45) is -0.253. The van der Waals surface area contributed by atoms with E-state index in [-0.39, 0.29) is 24.2 Å². The number of benzene rings is 2. The van der Waals surface area contributed by atoms with Gasteiger partial charge in [-0.3, -0.25) is 9.10 Å². The van der Waals surface area contributed by atoms with Crippen molar-refractivity contribution in [3.8, 4) is 11.5 Å². The highest BCUT2D eigenvalue weighted by molar-refractivity contribution is 7.92. The van der Waals surface area contributed by atoms with Crippen molar-refractivity contribution in [1.29, 1.82) is 0 Å². The van der Waals surface area contributed by atoms with E-state index in [9.17, 15) is 13.2 Å². The lowest BCUT2D eigenvalue weighted by atomic mass is 10.0. The average Bonchev–Trinajstić information content (AvgIpc) is 2.76. The summed E-state index contributed by atoms with van der Waals surface area (Å²) in [7, 11) is -1.94. The van der Waals surface area contributed by atoms with Crippen molar-refractivity contribution >= 4 is 21.6 Å². The van der Waals surface area contributed by atoms with E-state index in [1.807, 2.05) is 31.2 Å². The molecule has 0 saturated heterocycles. The highest BCUT2D eigenvalue weighted by Gasteiger charge is 2.36. The molecule has 1 aliphatic rings. The minimum Gasteiger partial charge on any atom is -0.497 e. The van der Waals surface area contributed by atoms with E-state index >= 15 is 0 Å². The van der Waals surface area contributed by atoms with Gasteiger partial charge in [-0.25, -0.2) is 8.42 Å². The fourth-order valence-corrected chi connectivity index (χ4v) is 4.40. The summed E-state index contributed by atoms with van der Waals surface area (Å²) in [5.74, 6) is 0.716. The monoisotopic (exact) mass is 418 g/mol. The molecule has 0 bridgehead atoms. The maximum absolute atomic E-state index is 13.0. The summed E-state index contributed by atoms with van der Waals surface area (Å²) in [6, 6.07) is 14.1. The van der Waals surface area contributed by atoms with Crippen molar-refractivity contribution in [3.05, 3.63) is 54.1 Å². The van der Waals surface area contributed by atoms with Gasteiger partial charge in [0, 0.05) is 0 Å². The van der Waals surface area contributed by atoms with Gasteiger partial charge in [-0.2, -0.15) is 0 Å². The van der Waals surface area contributed by atoms with Crippen LogP contribution in [0.1, 0.15) is 31.9 Å². The molecule has 0 saturated carbocycles. The van der Waals surface area contributed by atoms with Crippen LogP contribution in [0.5, 0.6) is 11.5 Å². The predicted octanol–water partition coefficient (Wildman–Crippen LogP) is 2.88. The van der Waals surface area contributed by atoms with Gasteiger partial charge in [-0.15, -0.1) is 0 Å². The first kappa shape index (κ1) is 21.0. The molecule has 0 aliphatic carbocycles. The number of hydrogen-bond acceptors (Lipinski definition) is 5. The number of ether oxygens (including phenoxy) is 2. The Kier molecular flexibility index (Phi) is 6.32. The number of amides is 1. The third-order valence-corrected chi connectivity index (χ3v) is 6.72. The molecular weight excluding hydrogens is 392 g/mol. The lowest BCUT2D eigenvalue weighted by molar-refractivity contribution is -0.128. The third-order valence-electron chi connectivity index (χ3n) is 4.97. The van der Waals surface area contributed by atoms with Gasteiger partial charge < -0.3 is 14.8 Å². The predicted molar refractivity (Wildman–Crippen MR) is 112 cm³/mol. The summed E-state index contributed by atoms with van der Waals surface area (Å²) >= 11 is 0. The first-order valence-corrected chi connectivity index (χ1v) is 11.2. The molecule has 0 radical (unpaired) electrons. The fraction of sp³-hybridized carbons (Fsp3) is 0.381. The van der Waals surface area contributed by atoms with Gasteiger partial charge in [0.05, 0.1) is 31.1 Å². The van der Waals surface area contributed by atoms with E-state index in [0.717, 1.165) is 11.3 Å². The van der Waals surface area contributed by atoms with E-state index in [1.165, 1.54) is 4.31 Å². The van der Waals surface area contributed by atoms with E-state index in [2.05, 4.69) is 5.32 Å². The summed E-state index contributed by atoms with van der Waals surface area (Å²) in [5.41, 5.74) is 1.40. The van der Waals surface area contributed by atoms with E-state index < -0.39 is 16.1 Å². The van der Waals surface area contributed by atoms with Crippen LogP contribution in [-0.2, 0) is 14.8 Å². The lowest BCUT2D eigenvalue weighted by Crippen LogP contribution is -2.51. The number of carbonyl (C=O) groups excluding carboxylic acids is 1. The number of fused-ring (bicyclic) bond motifs is 1. The number of hydrogen-bond donors (Lipinski definition) is 1. The molecule has 2 aromatic carbocycles. The number of methoxy groups -OCH3 is 1. The van der Waals surface area contributed by atoms with Gasteiger partial charge in [-0.1, -0.05) is 31.2 Å². The zero-order valence-electron chi connectivity index (χ0n) is 16.8. The highest BCUT2D eigenvalue weighted by Crippen LogP contribution is 2.35. The second-order valence-corrected chi connectivity index (χ2v) is 8.93. The van der Waals surface area contributed by atoms with Gasteiger partial charge in [-0.05, 0) is 43.2 Å². The Labute approximate surface area is 171 Å². The fourth-order valence-electron chi connectivity index (χ4n) is 3.28. The number of anilines is 1. The third kappa shape index (κ3) is 4.48. The second-order valence-electron chi connectivity index (χ2n) is 6.75. The first-order valence-electron chi connectivity index (χ1n) is 9.60. The van der Waals surface area contributed by atoms with Crippen LogP contribution in [-0.4, -0.2) is 39.8 Å². The molecule has 2 atom stereocenters. The quantitative estimate of drug-likeness (QED) is 0.747. The number of carbonyl (C=O) groups is 1. The Hall–Kier alpha value is -2.74. The van der Waals surface area contributed by atoms with Crippen LogP contribution >= 0.6 is 0 Å². The molecule has 29 heavy (non-hydrogen) atoms. The Morgan fingerprint density at radius 3 is 2.52 bits per heavy atom. The molecule has 0 aromatic heterocycles. The lowest BCUT2D eigenvalue weighted by Gasteiger charge is -2.35. The van der Waals surface area contributed by atoms with E-state index in [1.54, 1.807) is 38.3 Å². The molecule has 156 valence electrons. The molecule has 1 heterocycles. The Morgan fingerprint density at radius 1 is 1.21 bits per heavy atom. The van der Waals surface area contributed by atoms with Crippen molar-refractivity contribution in [3.63, 3.8) is 0 Å². The van der Waals surface area contributed by atoms with Gasteiger partial charge in [0.2, 0.25) is 10.0 Å². The number of nitrogens with zero attached hydrogens (tertiary/aromatic N) is 1. The van der Waals surface area contributed by atoms with E-state index in [4.69, 9.17) is 9.47 Å². The molecule has 0 fully saturated rings. The van der Waals surface area contributed by atoms with Gasteiger partial charge >= 0.3 is 0 Å². The van der Waals surface area contributed by atoms with Gasteiger partial charge in [0.25, 0.3) is 5.91 Å². The Bertz CT molecular complexity index is 959. The van der Waals surface area contributed by atoms with Crippen LogP contribution in [0.4, 0.5) is 5.69 Å². The minimum atomic E-state index is -3.54. The van der Waals surface area contributed by atoms with Crippen LogP contribution in [0.3, 0.4) is 0 Å². The zero-order valence-corrected chi connectivity index (χ0v) is 17.6. The number of para-hydroxylation sites is 2.